The summed E-state index contributed by atoms with van der Waals surface area (Å²) in [4.78, 5) is 14.5. The van der Waals surface area contributed by atoms with Gasteiger partial charge in [-0.3, -0.25) is 4.79 Å². The van der Waals surface area contributed by atoms with Crippen LogP contribution in [-0.2, 0) is 12.8 Å². The second-order valence-corrected chi connectivity index (χ2v) is 7.55. The molecule has 3 rings (SSSR count). The van der Waals surface area contributed by atoms with E-state index in [-0.39, 0.29) is 5.91 Å². The zero-order valence-electron chi connectivity index (χ0n) is 13.8. The quantitative estimate of drug-likeness (QED) is 0.662. The van der Waals surface area contributed by atoms with Crippen LogP contribution in [-0.4, -0.2) is 11.6 Å². The molecule has 0 radical (unpaired) electrons. The number of hydrazone groups is 1. The standard InChI is InChI=1S/C19H22N2OS/c1-12-4-7-15(8-5-12)14(3)20-21-19(22)18-11-16-10-13(2)6-9-17(16)23-18/h4-5,7-8,11,13H,6,9-10H2,1-3H3,(H,21,22)/b20-14-/t13-/m1/s1. The maximum atomic E-state index is 12.3. The molecule has 0 spiro atoms. The topological polar surface area (TPSA) is 41.5 Å². The Morgan fingerprint density at radius 3 is 2.78 bits per heavy atom. The number of amides is 1. The number of hydrogen-bond acceptors (Lipinski definition) is 3. The average Bonchev–Trinajstić information content (AvgIpc) is 2.96. The van der Waals surface area contributed by atoms with Crippen molar-refractivity contribution in [1.29, 1.82) is 0 Å². The van der Waals surface area contributed by atoms with Gasteiger partial charge in [0.05, 0.1) is 10.6 Å². The molecule has 3 nitrogen and oxygen atoms in total. The summed E-state index contributed by atoms with van der Waals surface area (Å²) in [5.41, 5.74) is 7.09. The molecular formula is C19H22N2OS. The minimum atomic E-state index is -0.108. The molecule has 120 valence electrons. The third kappa shape index (κ3) is 3.70. The minimum Gasteiger partial charge on any atom is -0.266 e. The van der Waals surface area contributed by atoms with Gasteiger partial charge in [-0.1, -0.05) is 36.8 Å². The molecule has 1 heterocycles. The molecule has 1 aliphatic rings. The van der Waals surface area contributed by atoms with Gasteiger partial charge in [0.1, 0.15) is 0 Å². The molecule has 1 amide bonds. The van der Waals surface area contributed by atoms with Crippen molar-refractivity contribution in [1.82, 2.24) is 5.43 Å². The Morgan fingerprint density at radius 2 is 2.04 bits per heavy atom. The Hall–Kier alpha value is -1.94. The second kappa shape index (κ2) is 6.67. The molecule has 1 aromatic carbocycles. The molecule has 0 unspecified atom stereocenters. The van der Waals surface area contributed by atoms with Gasteiger partial charge in [-0.25, -0.2) is 5.43 Å². The van der Waals surface area contributed by atoms with E-state index in [4.69, 9.17) is 0 Å². The summed E-state index contributed by atoms with van der Waals surface area (Å²) in [6, 6.07) is 10.2. The molecule has 0 saturated heterocycles. The van der Waals surface area contributed by atoms with Crippen LogP contribution in [0, 0.1) is 12.8 Å². The van der Waals surface area contributed by atoms with E-state index in [9.17, 15) is 4.79 Å². The van der Waals surface area contributed by atoms with E-state index in [0.29, 0.717) is 0 Å². The second-order valence-electron chi connectivity index (χ2n) is 6.41. The van der Waals surface area contributed by atoms with Crippen LogP contribution >= 0.6 is 11.3 Å². The molecule has 2 aromatic rings. The fraction of sp³-hybridized carbons (Fsp3) is 0.368. The summed E-state index contributed by atoms with van der Waals surface area (Å²) in [6.45, 7) is 6.24. The molecule has 1 aromatic heterocycles. The summed E-state index contributed by atoms with van der Waals surface area (Å²) < 4.78 is 0. The van der Waals surface area contributed by atoms with Crippen LogP contribution in [0.3, 0.4) is 0 Å². The van der Waals surface area contributed by atoms with Crippen LogP contribution in [0.2, 0.25) is 0 Å². The summed E-state index contributed by atoms with van der Waals surface area (Å²) >= 11 is 1.61. The highest BCUT2D eigenvalue weighted by Crippen LogP contribution is 2.32. The van der Waals surface area contributed by atoms with Crippen LogP contribution in [0.15, 0.2) is 35.4 Å². The van der Waals surface area contributed by atoms with E-state index in [1.54, 1.807) is 11.3 Å². The van der Waals surface area contributed by atoms with Gasteiger partial charge >= 0.3 is 0 Å². The van der Waals surface area contributed by atoms with Crippen molar-refractivity contribution in [3.8, 4) is 0 Å². The van der Waals surface area contributed by atoms with Crippen molar-refractivity contribution in [2.75, 3.05) is 0 Å². The first-order valence-electron chi connectivity index (χ1n) is 8.06. The smallest absolute Gasteiger partial charge is 0.266 e. The lowest BCUT2D eigenvalue weighted by molar-refractivity contribution is 0.0959. The highest BCUT2D eigenvalue weighted by atomic mass is 32.1. The van der Waals surface area contributed by atoms with Crippen molar-refractivity contribution in [3.63, 3.8) is 0 Å². The fourth-order valence-corrected chi connectivity index (χ4v) is 3.96. The SMILES string of the molecule is C/C(=N/NC(=O)c1cc2c(s1)CC[C@@H](C)C2)c1ccc(C)cc1. The number of nitrogens with one attached hydrogen (secondary N) is 1. The zero-order chi connectivity index (χ0) is 16.4. The van der Waals surface area contributed by atoms with Gasteiger partial charge in [-0.05, 0) is 56.2 Å². The lowest BCUT2D eigenvalue weighted by Crippen LogP contribution is -2.18. The molecule has 0 fully saturated rings. The Bertz CT molecular complexity index is 743. The van der Waals surface area contributed by atoms with Gasteiger partial charge in [-0.2, -0.15) is 5.10 Å². The van der Waals surface area contributed by atoms with Crippen molar-refractivity contribution >= 4 is 23.0 Å². The van der Waals surface area contributed by atoms with E-state index in [2.05, 4.69) is 24.4 Å². The number of carbonyl (C=O) groups excluding carboxylic acids is 1. The highest BCUT2D eigenvalue weighted by molar-refractivity contribution is 7.14. The molecular weight excluding hydrogens is 304 g/mol. The Kier molecular flexibility index (Phi) is 4.62. The molecule has 4 heteroatoms. The molecule has 1 N–H and O–H groups in total. The number of aryl methyl sites for hydroxylation is 2. The highest BCUT2D eigenvalue weighted by Gasteiger charge is 2.20. The first kappa shape index (κ1) is 15.9. The minimum absolute atomic E-state index is 0.108. The van der Waals surface area contributed by atoms with Crippen LogP contribution in [0.1, 0.15) is 51.5 Å². The molecule has 0 bridgehead atoms. The van der Waals surface area contributed by atoms with Crippen molar-refractivity contribution < 1.29 is 4.79 Å². The van der Waals surface area contributed by atoms with Gasteiger partial charge in [0.2, 0.25) is 0 Å². The van der Waals surface area contributed by atoms with Crippen molar-refractivity contribution in [2.45, 2.75) is 40.0 Å². The third-order valence-electron chi connectivity index (χ3n) is 4.35. The van der Waals surface area contributed by atoms with Gasteiger partial charge in [-0.15, -0.1) is 11.3 Å². The van der Waals surface area contributed by atoms with E-state index in [0.717, 1.165) is 34.9 Å². The maximum absolute atomic E-state index is 12.3. The normalized spacial score (nSPS) is 17.7. The van der Waals surface area contributed by atoms with Crippen molar-refractivity contribution in [2.24, 2.45) is 11.0 Å². The largest absolute Gasteiger partial charge is 0.281 e. The van der Waals surface area contributed by atoms with Crippen LogP contribution in [0.25, 0.3) is 0 Å². The van der Waals surface area contributed by atoms with Crippen LogP contribution < -0.4 is 5.43 Å². The lowest BCUT2D eigenvalue weighted by atomic mass is 9.90. The lowest BCUT2D eigenvalue weighted by Gasteiger charge is -2.16. The first-order valence-corrected chi connectivity index (χ1v) is 8.88. The van der Waals surface area contributed by atoms with Crippen LogP contribution in [0.5, 0.6) is 0 Å². The molecule has 1 atom stereocenters. The summed E-state index contributed by atoms with van der Waals surface area (Å²) in [5, 5.41) is 4.25. The predicted molar refractivity (Wildman–Crippen MR) is 96.4 cm³/mol. The summed E-state index contributed by atoms with van der Waals surface area (Å²) in [5.74, 6) is 0.610. The third-order valence-corrected chi connectivity index (χ3v) is 5.58. The van der Waals surface area contributed by atoms with E-state index in [1.807, 2.05) is 37.3 Å². The van der Waals surface area contributed by atoms with E-state index >= 15 is 0 Å². The van der Waals surface area contributed by atoms with E-state index in [1.165, 1.54) is 22.4 Å². The maximum Gasteiger partial charge on any atom is 0.281 e. The summed E-state index contributed by atoms with van der Waals surface area (Å²) in [7, 11) is 0. The molecule has 23 heavy (non-hydrogen) atoms. The molecule has 0 saturated carbocycles. The Balaban J connectivity index is 1.69. The van der Waals surface area contributed by atoms with Gasteiger partial charge in [0.15, 0.2) is 0 Å². The van der Waals surface area contributed by atoms with Gasteiger partial charge < -0.3 is 0 Å². The fourth-order valence-electron chi connectivity index (χ4n) is 2.87. The van der Waals surface area contributed by atoms with Crippen LogP contribution in [0.4, 0.5) is 0 Å². The number of rotatable bonds is 3. The van der Waals surface area contributed by atoms with Gasteiger partial charge in [0, 0.05) is 4.88 Å². The summed E-state index contributed by atoms with van der Waals surface area (Å²) in [6.07, 6.45) is 3.41. The molecule has 1 aliphatic carbocycles. The number of fused-ring (bicyclic) bond motifs is 1. The Morgan fingerprint density at radius 1 is 1.30 bits per heavy atom. The number of hydrogen-bond donors (Lipinski definition) is 1. The predicted octanol–water partition coefficient (Wildman–Crippen LogP) is 4.34. The first-order chi connectivity index (χ1) is 11.0. The van der Waals surface area contributed by atoms with Crippen molar-refractivity contribution in [3.05, 3.63) is 56.8 Å². The number of carbonyl (C=O) groups is 1. The van der Waals surface area contributed by atoms with Gasteiger partial charge in [0.25, 0.3) is 5.91 Å². The number of benzene rings is 1. The molecule has 0 aliphatic heterocycles. The number of nitrogens with zero attached hydrogens (tertiary/aromatic N) is 1. The monoisotopic (exact) mass is 326 g/mol. The van der Waals surface area contributed by atoms with E-state index < -0.39 is 0 Å². The Labute approximate surface area is 141 Å². The number of thiophene rings is 1. The zero-order valence-corrected chi connectivity index (χ0v) is 14.7. The average molecular weight is 326 g/mol.